The first-order valence-corrected chi connectivity index (χ1v) is 4.62. The van der Waals surface area contributed by atoms with Gasteiger partial charge in [-0.05, 0) is 12.1 Å². The van der Waals surface area contributed by atoms with Crippen molar-refractivity contribution in [2.45, 2.75) is 12.6 Å². The molecule has 17 heavy (non-hydrogen) atoms. The van der Waals surface area contributed by atoms with Gasteiger partial charge in [0.05, 0.1) is 12.1 Å². The van der Waals surface area contributed by atoms with Crippen molar-refractivity contribution in [3.63, 3.8) is 0 Å². The summed E-state index contributed by atoms with van der Waals surface area (Å²) in [6, 6.07) is 1.48. The lowest BCUT2D eigenvalue weighted by molar-refractivity contribution is -0.137. The lowest BCUT2D eigenvalue weighted by Gasteiger charge is -2.12. The molecular weight excluding hydrogens is 245 g/mol. The number of anilines is 2. The molecule has 96 valence electrons. The number of pyridine rings is 1. The van der Waals surface area contributed by atoms with E-state index < -0.39 is 24.7 Å². The van der Waals surface area contributed by atoms with E-state index in [1.807, 2.05) is 0 Å². The van der Waals surface area contributed by atoms with Gasteiger partial charge in [0.25, 0.3) is 6.43 Å². The van der Waals surface area contributed by atoms with Crippen LogP contribution in [0, 0.1) is 0 Å². The van der Waals surface area contributed by atoms with Crippen LogP contribution in [-0.4, -0.2) is 25.0 Å². The molecule has 0 saturated heterocycles. The van der Waals surface area contributed by atoms with Crippen molar-refractivity contribution in [2.75, 3.05) is 24.2 Å². The van der Waals surface area contributed by atoms with Crippen molar-refractivity contribution in [1.82, 2.24) is 4.98 Å². The van der Waals surface area contributed by atoms with E-state index in [9.17, 15) is 22.0 Å². The number of hydrogen-bond donors (Lipinski definition) is 2. The maximum atomic E-state index is 12.5. The van der Waals surface area contributed by atoms with Gasteiger partial charge in [0.1, 0.15) is 11.6 Å². The van der Waals surface area contributed by atoms with Crippen LogP contribution in [0.3, 0.4) is 0 Å². The normalized spacial score (nSPS) is 11.7. The highest BCUT2D eigenvalue weighted by molar-refractivity contribution is 5.49. The van der Waals surface area contributed by atoms with Gasteiger partial charge >= 0.3 is 6.18 Å². The van der Waals surface area contributed by atoms with Crippen molar-refractivity contribution in [2.24, 2.45) is 0 Å². The quantitative estimate of drug-likeness (QED) is 0.812. The molecule has 2 N–H and O–H groups in total. The lowest BCUT2D eigenvalue weighted by atomic mass is 10.2. The molecular formula is C9H10F5N3. The van der Waals surface area contributed by atoms with E-state index >= 15 is 0 Å². The van der Waals surface area contributed by atoms with Gasteiger partial charge in [-0.1, -0.05) is 0 Å². The Kier molecular flexibility index (Phi) is 4.08. The van der Waals surface area contributed by atoms with Crippen LogP contribution in [-0.2, 0) is 6.18 Å². The summed E-state index contributed by atoms with van der Waals surface area (Å²) in [4.78, 5) is 3.68. The smallest absolute Gasteiger partial charge is 0.373 e. The second kappa shape index (κ2) is 5.15. The van der Waals surface area contributed by atoms with Crippen molar-refractivity contribution in [3.05, 3.63) is 17.7 Å². The Labute approximate surface area is 94.0 Å². The Balaban J connectivity index is 2.97. The second-order valence-corrected chi connectivity index (χ2v) is 3.15. The molecule has 8 heteroatoms. The highest BCUT2D eigenvalue weighted by Crippen LogP contribution is 2.31. The SMILES string of the molecule is CNc1cc(C(F)(F)F)cc(NCC(F)F)n1. The molecule has 0 bridgehead atoms. The summed E-state index contributed by atoms with van der Waals surface area (Å²) in [5, 5.41) is 4.56. The van der Waals surface area contributed by atoms with Crippen LogP contribution in [0.5, 0.6) is 0 Å². The van der Waals surface area contributed by atoms with Crippen molar-refractivity contribution in [3.8, 4) is 0 Å². The molecule has 0 amide bonds. The number of alkyl halides is 5. The monoisotopic (exact) mass is 255 g/mol. The Bertz CT molecular complexity index is 377. The van der Waals surface area contributed by atoms with E-state index in [2.05, 4.69) is 15.6 Å². The molecule has 1 aromatic heterocycles. The van der Waals surface area contributed by atoms with Crippen LogP contribution in [0.25, 0.3) is 0 Å². The first-order chi connectivity index (χ1) is 7.82. The molecule has 0 aliphatic rings. The molecule has 0 radical (unpaired) electrons. The minimum absolute atomic E-state index is 0.0448. The van der Waals surface area contributed by atoms with Gasteiger partial charge < -0.3 is 10.6 Å². The summed E-state index contributed by atoms with van der Waals surface area (Å²) < 4.78 is 61.2. The van der Waals surface area contributed by atoms with Crippen molar-refractivity contribution < 1.29 is 22.0 Å². The largest absolute Gasteiger partial charge is 0.416 e. The zero-order chi connectivity index (χ0) is 13.1. The van der Waals surface area contributed by atoms with Gasteiger partial charge in [-0.15, -0.1) is 0 Å². The van der Waals surface area contributed by atoms with Crippen LogP contribution in [0.4, 0.5) is 33.6 Å². The van der Waals surface area contributed by atoms with E-state index in [0.29, 0.717) is 6.07 Å². The van der Waals surface area contributed by atoms with E-state index in [1.165, 1.54) is 7.05 Å². The summed E-state index contributed by atoms with van der Waals surface area (Å²) in [5.41, 5.74) is -0.950. The zero-order valence-corrected chi connectivity index (χ0v) is 8.78. The third kappa shape index (κ3) is 4.04. The Hall–Kier alpha value is -1.60. The van der Waals surface area contributed by atoms with Crippen LogP contribution in [0.15, 0.2) is 12.1 Å². The third-order valence-corrected chi connectivity index (χ3v) is 1.85. The van der Waals surface area contributed by atoms with E-state index in [4.69, 9.17) is 0 Å². The molecule has 0 aliphatic heterocycles. The van der Waals surface area contributed by atoms with Crippen molar-refractivity contribution in [1.29, 1.82) is 0 Å². The molecule has 1 heterocycles. The van der Waals surface area contributed by atoms with Gasteiger partial charge in [-0.3, -0.25) is 0 Å². The molecule has 1 aromatic rings. The average molecular weight is 255 g/mol. The fourth-order valence-corrected chi connectivity index (χ4v) is 1.09. The molecule has 0 aliphatic carbocycles. The minimum Gasteiger partial charge on any atom is -0.373 e. The third-order valence-electron chi connectivity index (χ3n) is 1.85. The summed E-state index contributed by atoms with van der Waals surface area (Å²) in [7, 11) is 1.39. The predicted octanol–water partition coefficient (Wildman–Crippen LogP) is 2.82. The maximum Gasteiger partial charge on any atom is 0.416 e. The zero-order valence-electron chi connectivity index (χ0n) is 8.78. The summed E-state index contributed by atoms with van der Waals surface area (Å²) >= 11 is 0. The number of nitrogens with zero attached hydrogens (tertiary/aromatic N) is 1. The fraction of sp³-hybridized carbons (Fsp3) is 0.444. The number of halogens is 5. The molecule has 0 saturated carbocycles. The summed E-state index contributed by atoms with van der Waals surface area (Å²) in [6.45, 7) is -0.753. The van der Waals surface area contributed by atoms with Crippen LogP contribution in [0.2, 0.25) is 0 Å². The van der Waals surface area contributed by atoms with Crippen molar-refractivity contribution >= 4 is 11.6 Å². The molecule has 0 atom stereocenters. The standard InChI is InChI=1S/C9H10F5N3/c1-15-7-2-5(9(12,13)14)3-8(17-7)16-4-6(10)11/h2-3,6H,4H2,1H3,(H2,15,16,17). The number of nitrogens with one attached hydrogen (secondary N) is 2. The molecule has 0 aromatic carbocycles. The highest BCUT2D eigenvalue weighted by atomic mass is 19.4. The second-order valence-electron chi connectivity index (χ2n) is 3.15. The molecule has 0 fully saturated rings. The van der Waals surface area contributed by atoms with E-state index in [-0.39, 0.29) is 11.6 Å². The number of aromatic nitrogens is 1. The minimum atomic E-state index is -4.55. The predicted molar refractivity (Wildman–Crippen MR) is 53.3 cm³/mol. The fourth-order valence-electron chi connectivity index (χ4n) is 1.09. The molecule has 0 spiro atoms. The Morgan fingerprint density at radius 1 is 1.24 bits per heavy atom. The van der Waals surface area contributed by atoms with Gasteiger partial charge in [0.2, 0.25) is 0 Å². The maximum absolute atomic E-state index is 12.5. The Morgan fingerprint density at radius 2 is 1.82 bits per heavy atom. The van der Waals surface area contributed by atoms with Crippen LogP contribution < -0.4 is 10.6 Å². The van der Waals surface area contributed by atoms with Crippen LogP contribution in [0.1, 0.15) is 5.56 Å². The lowest BCUT2D eigenvalue weighted by Crippen LogP contribution is -2.14. The van der Waals surface area contributed by atoms with Gasteiger partial charge in [-0.2, -0.15) is 13.2 Å². The molecule has 1 rings (SSSR count). The Morgan fingerprint density at radius 3 is 2.29 bits per heavy atom. The molecule has 0 unspecified atom stereocenters. The number of hydrogen-bond acceptors (Lipinski definition) is 3. The first-order valence-electron chi connectivity index (χ1n) is 4.62. The average Bonchev–Trinajstić information content (AvgIpc) is 2.24. The number of rotatable bonds is 4. The van der Waals surface area contributed by atoms with Gasteiger partial charge in [-0.25, -0.2) is 13.8 Å². The highest BCUT2D eigenvalue weighted by Gasteiger charge is 2.31. The first kappa shape index (κ1) is 13.5. The van der Waals surface area contributed by atoms with E-state index in [1.54, 1.807) is 0 Å². The summed E-state index contributed by atoms with van der Waals surface area (Å²) in [6.07, 6.45) is -7.21. The molecule has 3 nitrogen and oxygen atoms in total. The van der Waals surface area contributed by atoms with E-state index in [0.717, 1.165) is 6.07 Å². The summed E-state index contributed by atoms with van der Waals surface area (Å²) in [5.74, 6) is -0.291. The van der Waals surface area contributed by atoms with Gasteiger partial charge in [0, 0.05) is 7.05 Å². The van der Waals surface area contributed by atoms with Crippen LogP contribution >= 0.6 is 0 Å². The van der Waals surface area contributed by atoms with Gasteiger partial charge in [0.15, 0.2) is 0 Å². The topological polar surface area (TPSA) is 37.0 Å².